The molecule has 0 unspecified atom stereocenters. The third kappa shape index (κ3) is 3.61. The van der Waals surface area contributed by atoms with E-state index >= 15 is 0 Å². The largest absolute Gasteiger partial charge is 0.481 e. The highest BCUT2D eigenvalue weighted by Gasteiger charge is 2.30. The van der Waals surface area contributed by atoms with Crippen LogP contribution in [0.3, 0.4) is 0 Å². The van der Waals surface area contributed by atoms with E-state index in [1.54, 1.807) is 35.2 Å². The molecule has 3 heterocycles. The summed E-state index contributed by atoms with van der Waals surface area (Å²) >= 11 is 0. The summed E-state index contributed by atoms with van der Waals surface area (Å²) in [6.07, 6.45) is -1.18. The number of hydrogen-bond donors (Lipinski definition) is 1. The smallest absolute Gasteiger partial charge is 0.416 e. The van der Waals surface area contributed by atoms with Crippen LogP contribution in [0.5, 0.6) is 5.88 Å². The Hall–Kier alpha value is -3.39. The average molecular weight is 413 g/mol. The number of aliphatic hydroxyl groups is 1. The lowest BCUT2D eigenvalue weighted by Gasteiger charge is -2.12. The molecular formula is C22H18F3N3O2. The van der Waals surface area contributed by atoms with Crippen LogP contribution in [0.15, 0.2) is 60.9 Å². The number of ether oxygens (including phenoxy) is 1. The maximum atomic E-state index is 13.1. The minimum atomic E-state index is -4.42. The van der Waals surface area contributed by atoms with Crippen LogP contribution in [0.4, 0.5) is 13.2 Å². The molecular weight excluding hydrogens is 395 g/mol. The van der Waals surface area contributed by atoms with Gasteiger partial charge in [-0.15, -0.1) is 0 Å². The standard InChI is InChI=1S/C22H18F3N3O2/c1-30-19-8-7-15(11-27-19)20-17-6-3-9-26-21(17)28(18(20)13-29)12-14-4-2-5-16(10-14)22(23,24)25/h2-11,29H,12-13H2,1H3. The van der Waals surface area contributed by atoms with Gasteiger partial charge in [-0.1, -0.05) is 12.1 Å². The van der Waals surface area contributed by atoms with Gasteiger partial charge < -0.3 is 14.4 Å². The van der Waals surface area contributed by atoms with Crippen LogP contribution in [0.25, 0.3) is 22.2 Å². The molecule has 0 saturated carbocycles. The number of alkyl halides is 3. The molecule has 1 N–H and O–H groups in total. The van der Waals surface area contributed by atoms with Gasteiger partial charge in [0.25, 0.3) is 0 Å². The van der Waals surface area contributed by atoms with E-state index in [4.69, 9.17) is 4.74 Å². The molecule has 0 fully saturated rings. The quantitative estimate of drug-likeness (QED) is 0.517. The van der Waals surface area contributed by atoms with Crippen molar-refractivity contribution < 1.29 is 23.0 Å². The molecule has 0 aliphatic carbocycles. The molecule has 0 atom stereocenters. The summed E-state index contributed by atoms with van der Waals surface area (Å²) in [5.74, 6) is 0.454. The van der Waals surface area contributed by atoms with E-state index in [0.717, 1.165) is 28.6 Å². The number of hydrogen-bond acceptors (Lipinski definition) is 4. The van der Waals surface area contributed by atoms with Crippen LogP contribution >= 0.6 is 0 Å². The van der Waals surface area contributed by atoms with Gasteiger partial charge in [-0.3, -0.25) is 0 Å². The Balaban J connectivity index is 1.87. The van der Waals surface area contributed by atoms with Gasteiger partial charge in [-0.2, -0.15) is 13.2 Å². The van der Waals surface area contributed by atoms with Gasteiger partial charge >= 0.3 is 6.18 Å². The summed E-state index contributed by atoms with van der Waals surface area (Å²) in [5, 5.41) is 10.9. The number of fused-ring (bicyclic) bond motifs is 1. The van der Waals surface area contributed by atoms with Crippen LogP contribution in [0.2, 0.25) is 0 Å². The van der Waals surface area contributed by atoms with Crippen molar-refractivity contribution in [2.75, 3.05) is 7.11 Å². The predicted octanol–water partition coefficient (Wildman–Crippen LogP) is 4.67. The fourth-order valence-electron chi connectivity index (χ4n) is 3.56. The lowest BCUT2D eigenvalue weighted by Crippen LogP contribution is -2.09. The van der Waals surface area contributed by atoms with Crippen molar-refractivity contribution in [1.82, 2.24) is 14.5 Å². The SMILES string of the molecule is COc1ccc(-c2c(CO)n(Cc3cccc(C(F)(F)F)c3)c3ncccc23)cn1. The Labute approximate surface area is 170 Å². The molecule has 0 spiro atoms. The summed E-state index contributed by atoms with van der Waals surface area (Å²) in [6, 6.07) is 12.3. The molecule has 0 bridgehead atoms. The first-order chi connectivity index (χ1) is 14.4. The van der Waals surface area contributed by atoms with E-state index in [1.165, 1.54) is 13.2 Å². The fraction of sp³-hybridized carbons (Fsp3) is 0.182. The topological polar surface area (TPSA) is 60.2 Å². The molecule has 0 saturated heterocycles. The van der Waals surface area contributed by atoms with Crippen LogP contribution < -0.4 is 4.74 Å². The van der Waals surface area contributed by atoms with Crippen LogP contribution in [0.1, 0.15) is 16.8 Å². The summed E-state index contributed by atoms with van der Waals surface area (Å²) < 4.78 is 46.2. The number of aliphatic hydroxyl groups excluding tert-OH is 1. The average Bonchev–Trinajstić information content (AvgIpc) is 3.07. The molecule has 8 heteroatoms. The predicted molar refractivity (Wildman–Crippen MR) is 106 cm³/mol. The lowest BCUT2D eigenvalue weighted by molar-refractivity contribution is -0.137. The molecule has 0 aliphatic heterocycles. The first-order valence-corrected chi connectivity index (χ1v) is 9.16. The number of pyridine rings is 2. The molecule has 3 aromatic heterocycles. The first-order valence-electron chi connectivity index (χ1n) is 9.16. The Bertz CT molecular complexity index is 1180. The first kappa shape index (κ1) is 19.9. The van der Waals surface area contributed by atoms with E-state index < -0.39 is 11.7 Å². The Morgan fingerprint density at radius 1 is 1.07 bits per heavy atom. The number of nitrogens with zero attached hydrogens (tertiary/aromatic N) is 3. The number of rotatable bonds is 5. The molecule has 4 rings (SSSR count). The Morgan fingerprint density at radius 3 is 2.57 bits per heavy atom. The van der Waals surface area contributed by atoms with Crippen LogP contribution in [-0.2, 0) is 19.3 Å². The van der Waals surface area contributed by atoms with Crippen molar-refractivity contribution in [1.29, 1.82) is 0 Å². The van der Waals surface area contributed by atoms with E-state index in [-0.39, 0.29) is 13.2 Å². The molecule has 1 aromatic carbocycles. The highest BCUT2D eigenvalue weighted by Crippen LogP contribution is 2.35. The van der Waals surface area contributed by atoms with Gasteiger partial charge in [0, 0.05) is 41.5 Å². The molecule has 0 aliphatic rings. The third-order valence-corrected chi connectivity index (χ3v) is 4.91. The Kier molecular flexibility index (Phi) is 5.17. The van der Waals surface area contributed by atoms with Gasteiger partial charge in [0.05, 0.1) is 25.0 Å². The normalized spacial score (nSPS) is 11.8. The molecule has 30 heavy (non-hydrogen) atoms. The number of methoxy groups -OCH3 is 1. The molecule has 154 valence electrons. The van der Waals surface area contributed by atoms with Crippen molar-refractivity contribution in [2.45, 2.75) is 19.3 Å². The minimum Gasteiger partial charge on any atom is -0.481 e. The third-order valence-electron chi connectivity index (χ3n) is 4.91. The lowest BCUT2D eigenvalue weighted by atomic mass is 10.0. The second-order valence-corrected chi connectivity index (χ2v) is 6.73. The highest BCUT2D eigenvalue weighted by atomic mass is 19.4. The molecule has 0 amide bonds. The summed E-state index contributed by atoms with van der Waals surface area (Å²) in [7, 11) is 1.52. The zero-order chi connectivity index (χ0) is 21.3. The van der Waals surface area contributed by atoms with Gasteiger partial charge in [-0.05, 0) is 35.9 Å². The highest BCUT2D eigenvalue weighted by molar-refractivity contribution is 5.96. The van der Waals surface area contributed by atoms with E-state index in [1.807, 2.05) is 12.1 Å². The number of benzene rings is 1. The van der Waals surface area contributed by atoms with E-state index in [0.29, 0.717) is 22.8 Å². The van der Waals surface area contributed by atoms with Crippen molar-refractivity contribution in [2.24, 2.45) is 0 Å². The summed E-state index contributed by atoms with van der Waals surface area (Å²) in [6.45, 7) is -0.173. The summed E-state index contributed by atoms with van der Waals surface area (Å²) in [4.78, 5) is 8.65. The van der Waals surface area contributed by atoms with Crippen molar-refractivity contribution in [3.05, 3.63) is 77.7 Å². The molecule has 4 aromatic rings. The van der Waals surface area contributed by atoms with Crippen molar-refractivity contribution in [3.63, 3.8) is 0 Å². The zero-order valence-corrected chi connectivity index (χ0v) is 16.0. The molecule has 5 nitrogen and oxygen atoms in total. The second-order valence-electron chi connectivity index (χ2n) is 6.73. The van der Waals surface area contributed by atoms with Crippen molar-refractivity contribution >= 4 is 11.0 Å². The molecule has 0 radical (unpaired) electrons. The minimum absolute atomic E-state index is 0.136. The fourth-order valence-corrected chi connectivity index (χ4v) is 3.56. The van der Waals surface area contributed by atoms with Crippen LogP contribution in [-0.4, -0.2) is 26.8 Å². The summed E-state index contributed by atoms with van der Waals surface area (Å²) in [5.41, 5.74) is 2.36. The van der Waals surface area contributed by atoms with Gasteiger partial charge in [0.1, 0.15) is 5.65 Å². The Morgan fingerprint density at radius 2 is 1.90 bits per heavy atom. The van der Waals surface area contributed by atoms with Gasteiger partial charge in [0.2, 0.25) is 5.88 Å². The van der Waals surface area contributed by atoms with E-state index in [2.05, 4.69) is 9.97 Å². The van der Waals surface area contributed by atoms with Gasteiger partial charge in [-0.25, -0.2) is 9.97 Å². The van der Waals surface area contributed by atoms with E-state index in [9.17, 15) is 18.3 Å². The zero-order valence-electron chi connectivity index (χ0n) is 16.0. The van der Waals surface area contributed by atoms with Gasteiger partial charge in [0.15, 0.2) is 0 Å². The second kappa shape index (κ2) is 7.79. The monoisotopic (exact) mass is 413 g/mol. The maximum absolute atomic E-state index is 13.1. The van der Waals surface area contributed by atoms with Crippen LogP contribution in [0, 0.1) is 0 Å². The number of aromatic nitrogens is 3. The van der Waals surface area contributed by atoms with Crippen molar-refractivity contribution in [3.8, 4) is 17.0 Å². The maximum Gasteiger partial charge on any atom is 0.416 e. The number of halogens is 3.